The maximum Gasteiger partial charge on any atom is 0.284 e. The Morgan fingerprint density at radius 1 is 0.636 bits per heavy atom. The molecule has 0 bridgehead atoms. The predicted molar refractivity (Wildman–Crippen MR) is 135 cm³/mol. The van der Waals surface area contributed by atoms with E-state index >= 15 is 4.57 Å². The molecule has 0 amide bonds. The zero-order valence-electron chi connectivity index (χ0n) is 18.4. The summed E-state index contributed by atoms with van der Waals surface area (Å²) in [5, 5.41) is 0. The summed E-state index contributed by atoms with van der Waals surface area (Å²) in [6.45, 7) is 2.01. The van der Waals surface area contributed by atoms with Crippen molar-refractivity contribution in [2.24, 2.45) is 0 Å². The second-order valence-electron chi connectivity index (χ2n) is 8.48. The summed E-state index contributed by atoms with van der Waals surface area (Å²) < 4.78 is 44.0. The smallest absolute Gasteiger partial charge is 0.284 e. The van der Waals surface area contributed by atoms with Gasteiger partial charge in [0.2, 0.25) is 0 Å². The molecule has 1 atom stereocenters. The third-order valence-electron chi connectivity index (χ3n) is 6.47. The molecule has 0 N–H and O–H groups in total. The number of sulfone groups is 1. The van der Waals surface area contributed by atoms with Gasteiger partial charge >= 0.3 is 0 Å². The Bertz CT molecular complexity index is 1170. The number of nitrogens with zero attached hydrogens (tertiary/aromatic N) is 3. The third kappa shape index (κ3) is 4.21. The van der Waals surface area contributed by atoms with Gasteiger partial charge in [0.05, 0.1) is 11.5 Å². The molecule has 5 rings (SSSR count). The molecule has 1 unspecified atom stereocenters. The van der Waals surface area contributed by atoms with Gasteiger partial charge in [0, 0.05) is 37.6 Å². The van der Waals surface area contributed by atoms with Crippen LogP contribution in [0.25, 0.3) is 0 Å². The normalized spacial score (nSPS) is 21.1. The minimum absolute atomic E-state index is 0.0903. The van der Waals surface area contributed by atoms with Crippen LogP contribution in [-0.2, 0) is 14.4 Å². The predicted octanol–water partition coefficient (Wildman–Crippen LogP) is 4.64. The summed E-state index contributed by atoms with van der Waals surface area (Å²) in [5.41, 5.74) is 2.79. The molecular formula is C25H28N3O3PS. The van der Waals surface area contributed by atoms with Gasteiger partial charge in [-0.25, -0.2) is 8.42 Å². The van der Waals surface area contributed by atoms with Crippen molar-refractivity contribution in [1.82, 2.24) is 4.90 Å². The highest BCUT2D eigenvalue weighted by atomic mass is 32.2. The summed E-state index contributed by atoms with van der Waals surface area (Å²) in [4.78, 5) is 2.12. The summed E-state index contributed by atoms with van der Waals surface area (Å²) in [6.07, 6.45) is 0. The molecule has 0 aliphatic carbocycles. The monoisotopic (exact) mass is 481 g/mol. The van der Waals surface area contributed by atoms with Crippen molar-refractivity contribution < 1.29 is 13.0 Å². The van der Waals surface area contributed by atoms with Crippen molar-refractivity contribution in [3.05, 3.63) is 96.6 Å². The molecule has 3 aromatic carbocycles. The van der Waals surface area contributed by atoms with Gasteiger partial charge in [0.25, 0.3) is 7.44 Å². The lowest BCUT2D eigenvalue weighted by Crippen LogP contribution is -2.44. The van der Waals surface area contributed by atoms with Crippen molar-refractivity contribution in [1.29, 1.82) is 0 Å². The van der Waals surface area contributed by atoms with E-state index in [4.69, 9.17) is 0 Å². The van der Waals surface area contributed by atoms with Crippen LogP contribution in [0.4, 0.5) is 11.4 Å². The molecule has 2 aliphatic rings. The van der Waals surface area contributed by atoms with Crippen LogP contribution in [0, 0.1) is 0 Å². The molecule has 0 saturated carbocycles. The van der Waals surface area contributed by atoms with E-state index in [1.165, 1.54) is 0 Å². The zero-order valence-corrected chi connectivity index (χ0v) is 20.1. The lowest BCUT2D eigenvalue weighted by atomic mass is 10.2. The quantitative estimate of drug-likeness (QED) is 0.495. The number of rotatable bonds is 5. The van der Waals surface area contributed by atoms with E-state index in [9.17, 15) is 8.42 Å². The minimum atomic E-state index is -3.28. The van der Waals surface area contributed by atoms with E-state index in [0.717, 1.165) is 16.9 Å². The summed E-state index contributed by atoms with van der Waals surface area (Å²) in [6, 6.07) is 29.7. The topological polar surface area (TPSA) is 60.9 Å². The first kappa shape index (κ1) is 22.2. The molecular weight excluding hydrogens is 453 g/mol. The van der Waals surface area contributed by atoms with Crippen molar-refractivity contribution in [3.8, 4) is 0 Å². The molecule has 2 fully saturated rings. The Balaban J connectivity index is 1.67. The van der Waals surface area contributed by atoms with Crippen molar-refractivity contribution in [2.75, 3.05) is 47.0 Å². The van der Waals surface area contributed by atoms with Gasteiger partial charge < -0.3 is 9.34 Å². The lowest BCUT2D eigenvalue weighted by molar-refractivity contribution is 0.267. The molecule has 2 saturated heterocycles. The summed E-state index contributed by atoms with van der Waals surface area (Å²) >= 11 is 0. The van der Waals surface area contributed by atoms with Crippen LogP contribution < -0.4 is 9.34 Å². The van der Waals surface area contributed by atoms with Crippen LogP contribution in [0.5, 0.6) is 0 Å². The van der Waals surface area contributed by atoms with Gasteiger partial charge in [-0.05, 0) is 29.8 Å². The van der Waals surface area contributed by atoms with E-state index in [1.807, 2.05) is 91.0 Å². The number of anilines is 2. The van der Waals surface area contributed by atoms with Crippen LogP contribution in [-0.4, -0.2) is 51.0 Å². The molecule has 0 spiro atoms. The fraction of sp³-hybridized carbons (Fsp3) is 0.280. The average molecular weight is 482 g/mol. The Labute approximate surface area is 195 Å². The molecule has 3 aromatic rings. The van der Waals surface area contributed by atoms with Crippen LogP contribution in [0.1, 0.15) is 11.3 Å². The maximum absolute atomic E-state index is 15.5. The molecule has 8 heteroatoms. The second-order valence-corrected chi connectivity index (χ2v) is 13.4. The highest BCUT2D eigenvalue weighted by Gasteiger charge is 2.52. The first-order valence-corrected chi connectivity index (χ1v) is 14.7. The summed E-state index contributed by atoms with van der Waals surface area (Å²) in [5.74, 6) is -0.267. The van der Waals surface area contributed by atoms with E-state index in [1.54, 1.807) is 0 Å². The standard InChI is InChI=1S/C25H28N3O3PS/c29-32(25(22-10-4-1-5-11-22)26-18-20-33(30,31)21-19-26)27(23-12-6-2-7-13-23)16-17-28(32)24-14-8-3-9-15-24/h1-15,25H,16-21H2. The molecule has 0 aromatic heterocycles. The third-order valence-corrected chi connectivity index (χ3v) is 11.6. The van der Waals surface area contributed by atoms with Crippen LogP contribution in [0.3, 0.4) is 0 Å². The molecule has 172 valence electrons. The highest BCUT2D eigenvalue weighted by molar-refractivity contribution is 7.91. The molecule has 6 nitrogen and oxygen atoms in total. The molecule has 2 heterocycles. The van der Waals surface area contributed by atoms with Gasteiger partial charge in [-0.1, -0.05) is 66.7 Å². The molecule has 33 heavy (non-hydrogen) atoms. The highest BCUT2D eigenvalue weighted by Crippen LogP contribution is 2.69. The Hall–Kier alpha value is -2.60. The zero-order chi connectivity index (χ0) is 22.9. The Kier molecular flexibility index (Phi) is 6.04. The van der Waals surface area contributed by atoms with Gasteiger partial charge in [0.1, 0.15) is 5.78 Å². The maximum atomic E-state index is 15.5. The van der Waals surface area contributed by atoms with Crippen LogP contribution in [0.2, 0.25) is 0 Å². The van der Waals surface area contributed by atoms with E-state index in [0.29, 0.717) is 26.2 Å². The largest absolute Gasteiger partial charge is 0.304 e. The minimum Gasteiger partial charge on any atom is -0.304 e. The van der Waals surface area contributed by atoms with Crippen LogP contribution >= 0.6 is 7.44 Å². The summed E-state index contributed by atoms with van der Waals surface area (Å²) in [7, 11) is -6.34. The number of hydrogen-bond donors (Lipinski definition) is 0. The lowest BCUT2D eigenvalue weighted by Gasteiger charge is -2.44. The van der Waals surface area contributed by atoms with Crippen molar-refractivity contribution >= 4 is 28.7 Å². The van der Waals surface area contributed by atoms with Crippen molar-refractivity contribution in [2.45, 2.75) is 5.78 Å². The van der Waals surface area contributed by atoms with Gasteiger partial charge in [0.15, 0.2) is 9.84 Å². The SMILES string of the molecule is O=P1(C(c2ccccc2)N2CCS(=O)(=O)CC2)N(c2ccccc2)CCN1c1ccccc1. The van der Waals surface area contributed by atoms with Gasteiger partial charge in [-0.15, -0.1) is 0 Å². The Morgan fingerprint density at radius 2 is 1.06 bits per heavy atom. The van der Waals surface area contributed by atoms with E-state index in [-0.39, 0.29) is 11.5 Å². The molecule has 0 radical (unpaired) electrons. The number of hydrogen-bond acceptors (Lipinski definition) is 4. The van der Waals surface area contributed by atoms with E-state index < -0.39 is 23.1 Å². The first-order chi connectivity index (χ1) is 16.0. The number of benzene rings is 3. The average Bonchev–Trinajstić information content (AvgIpc) is 3.19. The van der Waals surface area contributed by atoms with Crippen LogP contribution in [0.15, 0.2) is 91.0 Å². The van der Waals surface area contributed by atoms with E-state index in [2.05, 4.69) is 14.2 Å². The second kappa shape index (κ2) is 8.98. The number of para-hydroxylation sites is 2. The van der Waals surface area contributed by atoms with Crippen molar-refractivity contribution in [3.63, 3.8) is 0 Å². The fourth-order valence-corrected chi connectivity index (χ4v) is 9.79. The van der Waals surface area contributed by atoms with Gasteiger partial charge in [-0.3, -0.25) is 9.46 Å². The molecule has 2 aliphatic heterocycles. The fourth-order valence-electron chi connectivity index (χ4n) is 4.87. The van der Waals surface area contributed by atoms with Gasteiger partial charge in [-0.2, -0.15) is 0 Å². The first-order valence-electron chi connectivity index (χ1n) is 11.2. The Morgan fingerprint density at radius 3 is 1.52 bits per heavy atom.